The van der Waals surface area contributed by atoms with Crippen LogP contribution in [0.15, 0.2) is 9.85 Å². The Morgan fingerprint density at radius 1 is 1.73 bits per heavy atom. The lowest BCUT2D eigenvalue weighted by molar-refractivity contribution is 0.0956. The number of ketones is 1. The second kappa shape index (κ2) is 4.76. The standard InChI is InChI=1S/C11H13BrO2S/c1-7-4-10(15-11(7)12)9(13)5-8-2-3-14-6-8/h4,8H,2-3,5-6H2,1H3. The number of ether oxygens (including phenoxy) is 1. The molecule has 0 spiro atoms. The number of aryl methyl sites for hydroxylation is 1. The summed E-state index contributed by atoms with van der Waals surface area (Å²) in [6, 6.07) is 1.97. The molecule has 1 atom stereocenters. The predicted molar refractivity (Wildman–Crippen MR) is 64.6 cm³/mol. The maximum absolute atomic E-state index is 11.9. The number of hydrogen-bond donors (Lipinski definition) is 0. The molecule has 0 bridgehead atoms. The van der Waals surface area contributed by atoms with Gasteiger partial charge >= 0.3 is 0 Å². The molecule has 1 aromatic rings. The van der Waals surface area contributed by atoms with Crippen LogP contribution in [0.2, 0.25) is 0 Å². The maximum Gasteiger partial charge on any atom is 0.173 e. The number of carbonyl (C=O) groups excluding carboxylic acids is 1. The van der Waals surface area contributed by atoms with Crippen LogP contribution in [-0.4, -0.2) is 19.0 Å². The van der Waals surface area contributed by atoms with Crippen molar-refractivity contribution >= 4 is 33.0 Å². The second-order valence-corrected chi connectivity index (χ2v) is 6.29. The Labute approximate surface area is 102 Å². The molecule has 1 fully saturated rings. The van der Waals surface area contributed by atoms with Crippen LogP contribution in [0.5, 0.6) is 0 Å². The van der Waals surface area contributed by atoms with Gasteiger partial charge in [0.15, 0.2) is 5.78 Å². The predicted octanol–water partition coefficient (Wildman–Crippen LogP) is 3.43. The van der Waals surface area contributed by atoms with Gasteiger partial charge in [-0.1, -0.05) is 0 Å². The molecule has 0 amide bonds. The van der Waals surface area contributed by atoms with E-state index in [0.29, 0.717) is 12.3 Å². The zero-order valence-electron chi connectivity index (χ0n) is 8.59. The summed E-state index contributed by atoms with van der Waals surface area (Å²) in [7, 11) is 0. The highest BCUT2D eigenvalue weighted by molar-refractivity contribution is 9.11. The van der Waals surface area contributed by atoms with Crippen molar-refractivity contribution in [2.24, 2.45) is 5.92 Å². The van der Waals surface area contributed by atoms with Crippen LogP contribution < -0.4 is 0 Å². The molecule has 2 rings (SSSR count). The van der Waals surface area contributed by atoms with Gasteiger partial charge in [-0.15, -0.1) is 11.3 Å². The van der Waals surface area contributed by atoms with E-state index in [1.54, 1.807) is 0 Å². The lowest BCUT2D eigenvalue weighted by Crippen LogP contribution is -2.07. The van der Waals surface area contributed by atoms with E-state index in [9.17, 15) is 4.79 Å². The molecule has 0 aromatic carbocycles. The number of rotatable bonds is 3. The molecule has 0 saturated carbocycles. The van der Waals surface area contributed by atoms with Crippen molar-refractivity contribution in [2.45, 2.75) is 19.8 Å². The van der Waals surface area contributed by atoms with Crippen LogP contribution in [0.25, 0.3) is 0 Å². The van der Waals surface area contributed by atoms with Crippen molar-refractivity contribution in [1.82, 2.24) is 0 Å². The highest BCUT2D eigenvalue weighted by Crippen LogP contribution is 2.29. The minimum atomic E-state index is 0.254. The molecule has 2 nitrogen and oxygen atoms in total. The average Bonchev–Trinajstić information content (AvgIpc) is 2.78. The summed E-state index contributed by atoms with van der Waals surface area (Å²) in [4.78, 5) is 12.8. The van der Waals surface area contributed by atoms with E-state index < -0.39 is 0 Å². The van der Waals surface area contributed by atoms with Crippen LogP contribution in [0.4, 0.5) is 0 Å². The second-order valence-electron chi connectivity index (χ2n) is 3.92. The first-order valence-electron chi connectivity index (χ1n) is 5.03. The molecule has 4 heteroatoms. The molecule has 1 aliphatic rings. The molecule has 0 N–H and O–H groups in total. The molecule has 1 aliphatic heterocycles. The van der Waals surface area contributed by atoms with Gasteiger partial charge in [0.1, 0.15) is 0 Å². The molecule has 1 saturated heterocycles. The van der Waals surface area contributed by atoms with E-state index in [1.165, 1.54) is 11.3 Å². The van der Waals surface area contributed by atoms with Crippen molar-refractivity contribution < 1.29 is 9.53 Å². The van der Waals surface area contributed by atoms with Gasteiger partial charge in [-0.3, -0.25) is 4.79 Å². The molecule has 1 aromatic heterocycles. The molecule has 0 aliphatic carbocycles. The van der Waals surface area contributed by atoms with Gasteiger partial charge in [0.25, 0.3) is 0 Å². The molecule has 2 heterocycles. The van der Waals surface area contributed by atoms with Crippen molar-refractivity contribution in [2.75, 3.05) is 13.2 Å². The Hall–Kier alpha value is -0.190. The molecule has 82 valence electrons. The van der Waals surface area contributed by atoms with Crippen LogP contribution in [0, 0.1) is 12.8 Å². The van der Waals surface area contributed by atoms with Crippen molar-refractivity contribution in [3.63, 3.8) is 0 Å². The van der Waals surface area contributed by atoms with Crippen molar-refractivity contribution in [3.8, 4) is 0 Å². The van der Waals surface area contributed by atoms with Crippen molar-refractivity contribution in [1.29, 1.82) is 0 Å². The summed E-state index contributed by atoms with van der Waals surface area (Å²) in [5.74, 6) is 0.683. The summed E-state index contributed by atoms with van der Waals surface area (Å²) in [6.45, 7) is 3.57. The first-order chi connectivity index (χ1) is 7.16. The highest BCUT2D eigenvalue weighted by Gasteiger charge is 2.21. The van der Waals surface area contributed by atoms with Crippen LogP contribution in [-0.2, 0) is 4.74 Å². The van der Waals surface area contributed by atoms with Gasteiger partial charge in [0.2, 0.25) is 0 Å². The lowest BCUT2D eigenvalue weighted by atomic mass is 10.0. The summed E-state index contributed by atoms with van der Waals surface area (Å²) in [6.07, 6.45) is 1.66. The summed E-state index contributed by atoms with van der Waals surface area (Å²) >= 11 is 4.97. The minimum absolute atomic E-state index is 0.254. The summed E-state index contributed by atoms with van der Waals surface area (Å²) in [5, 5.41) is 0. The fraction of sp³-hybridized carbons (Fsp3) is 0.545. The van der Waals surface area contributed by atoms with Crippen LogP contribution >= 0.6 is 27.3 Å². The van der Waals surface area contributed by atoms with Gasteiger partial charge in [-0.2, -0.15) is 0 Å². The monoisotopic (exact) mass is 288 g/mol. The molecule has 15 heavy (non-hydrogen) atoms. The largest absolute Gasteiger partial charge is 0.381 e. The van der Waals surface area contributed by atoms with Gasteiger partial charge in [-0.25, -0.2) is 0 Å². The third-order valence-electron chi connectivity index (χ3n) is 2.63. The first-order valence-corrected chi connectivity index (χ1v) is 6.64. The summed E-state index contributed by atoms with van der Waals surface area (Å²) in [5.41, 5.74) is 1.14. The average molecular weight is 289 g/mol. The van der Waals surface area contributed by atoms with Gasteiger partial charge in [-0.05, 0) is 46.8 Å². The lowest BCUT2D eigenvalue weighted by Gasteiger charge is -2.03. The molecular weight excluding hydrogens is 276 g/mol. The van der Waals surface area contributed by atoms with Crippen LogP contribution in [0.1, 0.15) is 28.1 Å². The first kappa shape index (κ1) is 11.3. The Kier molecular flexibility index (Phi) is 3.59. The van der Waals surface area contributed by atoms with E-state index in [0.717, 1.165) is 33.9 Å². The van der Waals surface area contributed by atoms with E-state index in [4.69, 9.17) is 4.74 Å². The number of Topliss-reactive ketones (excluding diaryl/α,β-unsaturated/α-hetero) is 1. The van der Waals surface area contributed by atoms with Gasteiger partial charge in [0.05, 0.1) is 8.66 Å². The Morgan fingerprint density at radius 2 is 2.53 bits per heavy atom. The minimum Gasteiger partial charge on any atom is -0.381 e. The van der Waals surface area contributed by atoms with Crippen molar-refractivity contribution in [3.05, 3.63) is 20.3 Å². The third kappa shape index (κ3) is 2.68. The fourth-order valence-corrected chi connectivity index (χ4v) is 3.19. The van der Waals surface area contributed by atoms with E-state index in [-0.39, 0.29) is 5.78 Å². The highest BCUT2D eigenvalue weighted by atomic mass is 79.9. The number of thiophene rings is 1. The van der Waals surface area contributed by atoms with Crippen LogP contribution in [0.3, 0.4) is 0 Å². The number of halogens is 1. The quantitative estimate of drug-likeness (QED) is 0.797. The Bertz CT molecular complexity index is 347. The zero-order chi connectivity index (χ0) is 10.8. The van der Waals surface area contributed by atoms with Gasteiger partial charge in [0, 0.05) is 19.6 Å². The Balaban J connectivity index is 2.00. The third-order valence-corrected chi connectivity index (χ3v) is 4.81. The SMILES string of the molecule is Cc1cc(C(=O)CC2CCOC2)sc1Br. The zero-order valence-corrected chi connectivity index (χ0v) is 11.0. The summed E-state index contributed by atoms with van der Waals surface area (Å²) < 4.78 is 6.33. The number of hydrogen-bond acceptors (Lipinski definition) is 3. The van der Waals surface area contributed by atoms with E-state index in [2.05, 4.69) is 15.9 Å². The molecule has 1 unspecified atom stereocenters. The Morgan fingerprint density at radius 3 is 3.07 bits per heavy atom. The fourth-order valence-electron chi connectivity index (χ4n) is 1.70. The normalized spacial score (nSPS) is 20.8. The topological polar surface area (TPSA) is 26.3 Å². The smallest absolute Gasteiger partial charge is 0.173 e. The van der Waals surface area contributed by atoms with E-state index in [1.807, 2.05) is 13.0 Å². The van der Waals surface area contributed by atoms with E-state index >= 15 is 0 Å². The van der Waals surface area contributed by atoms with Gasteiger partial charge < -0.3 is 4.74 Å². The molecule has 0 radical (unpaired) electrons. The molecular formula is C11H13BrO2S. The maximum atomic E-state index is 11.9. The number of carbonyl (C=O) groups is 1.